The predicted molar refractivity (Wildman–Crippen MR) is 79.8 cm³/mol. The Morgan fingerprint density at radius 1 is 0.895 bits per heavy atom. The molecule has 1 N–H and O–H groups in total. The maximum Gasteiger partial charge on any atom is 0.127 e. The zero-order valence-corrected chi connectivity index (χ0v) is 11.6. The van der Waals surface area contributed by atoms with Crippen molar-refractivity contribution in [3.8, 4) is 11.5 Å². The van der Waals surface area contributed by atoms with E-state index in [4.69, 9.17) is 4.74 Å². The molecule has 0 heterocycles. The van der Waals surface area contributed by atoms with Crippen molar-refractivity contribution in [3.05, 3.63) is 60.2 Å². The number of nitrogens with one attached hydrogen (secondary N) is 1. The SMILES string of the molecule is CC(C)NCCc1ccc(Oc2ccccc2)cc1. The van der Waals surface area contributed by atoms with Crippen LogP contribution in [0.2, 0.25) is 0 Å². The van der Waals surface area contributed by atoms with E-state index in [0.717, 1.165) is 24.5 Å². The van der Waals surface area contributed by atoms with Crippen LogP contribution in [-0.2, 0) is 6.42 Å². The fourth-order valence-electron chi connectivity index (χ4n) is 1.85. The smallest absolute Gasteiger partial charge is 0.127 e. The van der Waals surface area contributed by atoms with Crippen LogP contribution in [0, 0.1) is 0 Å². The van der Waals surface area contributed by atoms with Gasteiger partial charge in [-0.2, -0.15) is 0 Å². The molecule has 2 nitrogen and oxygen atoms in total. The van der Waals surface area contributed by atoms with Crippen molar-refractivity contribution in [1.82, 2.24) is 5.32 Å². The summed E-state index contributed by atoms with van der Waals surface area (Å²) in [5, 5.41) is 3.42. The maximum atomic E-state index is 5.76. The fourth-order valence-corrected chi connectivity index (χ4v) is 1.85. The highest BCUT2D eigenvalue weighted by molar-refractivity contribution is 5.33. The number of hydrogen-bond donors (Lipinski definition) is 1. The number of para-hydroxylation sites is 1. The van der Waals surface area contributed by atoms with Gasteiger partial charge in [-0.1, -0.05) is 44.2 Å². The molecule has 0 radical (unpaired) electrons. The topological polar surface area (TPSA) is 21.3 Å². The summed E-state index contributed by atoms with van der Waals surface area (Å²) in [6.45, 7) is 5.34. The molecule has 0 aromatic heterocycles. The van der Waals surface area contributed by atoms with Gasteiger partial charge in [-0.3, -0.25) is 0 Å². The maximum absolute atomic E-state index is 5.76. The zero-order chi connectivity index (χ0) is 13.5. The van der Waals surface area contributed by atoms with E-state index in [-0.39, 0.29) is 0 Å². The lowest BCUT2D eigenvalue weighted by Gasteiger charge is -2.09. The summed E-state index contributed by atoms with van der Waals surface area (Å²) in [6.07, 6.45) is 1.05. The first kappa shape index (κ1) is 13.6. The van der Waals surface area contributed by atoms with Gasteiger partial charge in [-0.05, 0) is 42.8 Å². The second-order valence-electron chi connectivity index (χ2n) is 4.92. The molecule has 0 saturated heterocycles. The van der Waals surface area contributed by atoms with Crippen LogP contribution in [0.5, 0.6) is 11.5 Å². The van der Waals surface area contributed by atoms with Gasteiger partial charge in [0.2, 0.25) is 0 Å². The number of hydrogen-bond acceptors (Lipinski definition) is 2. The van der Waals surface area contributed by atoms with Crippen molar-refractivity contribution in [2.45, 2.75) is 26.3 Å². The zero-order valence-electron chi connectivity index (χ0n) is 11.6. The molecular formula is C17H21NO. The molecule has 0 aliphatic rings. The molecule has 0 spiro atoms. The Balaban J connectivity index is 1.88. The molecule has 2 aromatic carbocycles. The van der Waals surface area contributed by atoms with Crippen molar-refractivity contribution in [2.75, 3.05) is 6.54 Å². The van der Waals surface area contributed by atoms with Crippen molar-refractivity contribution in [2.24, 2.45) is 0 Å². The minimum absolute atomic E-state index is 0.542. The van der Waals surface area contributed by atoms with Crippen LogP contribution < -0.4 is 10.1 Å². The third-order valence-electron chi connectivity index (χ3n) is 2.87. The first-order valence-corrected chi connectivity index (χ1v) is 6.79. The lowest BCUT2D eigenvalue weighted by Crippen LogP contribution is -2.24. The van der Waals surface area contributed by atoms with Crippen molar-refractivity contribution < 1.29 is 4.74 Å². The molecule has 0 saturated carbocycles. The summed E-state index contributed by atoms with van der Waals surface area (Å²) in [4.78, 5) is 0. The van der Waals surface area contributed by atoms with Gasteiger partial charge in [0.05, 0.1) is 0 Å². The molecule has 2 aromatic rings. The molecule has 2 rings (SSSR count). The fraction of sp³-hybridized carbons (Fsp3) is 0.294. The normalized spacial score (nSPS) is 10.7. The molecule has 0 fully saturated rings. The average Bonchev–Trinajstić information content (AvgIpc) is 2.42. The summed E-state index contributed by atoms with van der Waals surface area (Å²) in [7, 11) is 0. The summed E-state index contributed by atoms with van der Waals surface area (Å²) >= 11 is 0. The van der Waals surface area contributed by atoms with Crippen molar-refractivity contribution >= 4 is 0 Å². The Labute approximate surface area is 115 Å². The first-order chi connectivity index (χ1) is 9.24. The monoisotopic (exact) mass is 255 g/mol. The minimum Gasteiger partial charge on any atom is -0.457 e. The second kappa shape index (κ2) is 6.95. The quantitative estimate of drug-likeness (QED) is 0.841. The Kier molecular flexibility index (Phi) is 4.99. The van der Waals surface area contributed by atoms with Gasteiger partial charge < -0.3 is 10.1 Å². The minimum atomic E-state index is 0.542. The molecule has 100 valence electrons. The molecule has 0 aliphatic heterocycles. The molecule has 0 aliphatic carbocycles. The van der Waals surface area contributed by atoms with Gasteiger partial charge in [0.15, 0.2) is 0 Å². The van der Waals surface area contributed by atoms with Gasteiger partial charge in [0.25, 0.3) is 0 Å². The van der Waals surface area contributed by atoms with E-state index in [2.05, 4.69) is 31.3 Å². The standard InChI is InChI=1S/C17H21NO/c1-14(2)18-13-12-15-8-10-17(11-9-15)19-16-6-4-3-5-7-16/h3-11,14,18H,12-13H2,1-2H3. The molecule has 0 bridgehead atoms. The number of benzene rings is 2. The summed E-state index contributed by atoms with van der Waals surface area (Å²) in [6, 6.07) is 18.7. The van der Waals surface area contributed by atoms with E-state index in [0.29, 0.717) is 6.04 Å². The van der Waals surface area contributed by atoms with Crippen LogP contribution in [0.1, 0.15) is 19.4 Å². The van der Waals surface area contributed by atoms with Gasteiger partial charge in [-0.15, -0.1) is 0 Å². The van der Waals surface area contributed by atoms with Crippen LogP contribution in [0.4, 0.5) is 0 Å². The van der Waals surface area contributed by atoms with Gasteiger partial charge in [-0.25, -0.2) is 0 Å². The third kappa shape index (κ3) is 4.76. The molecule has 0 amide bonds. The van der Waals surface area contributed by atoms with E-state index in [9.17, 15) is 0 Å². The van der Waals surface area contributed by atoms with E-state index in [1.165, 1.54) is 5.56 Å². The van der Waals surface area contributed by atoms with Gasteiger partial charge >= 0.3 is 0 Å². The number of ether oxygens (including phenoxy) is 1. The highest BCUT2D eigenvalue weighted by Crippen LogP contribution is 2.21. The van der Waals surface area contributed by atoms with Gasteiger partial charge in [0.1, 0.15) is 11.5 Å². The lowest BCUT2D eigenvalue weighted by molar-refractivity contribution is 0.482. The van der Waals surface area contributed by atoms with Crippen LogP contribution in [0.3, 0.4) is 0 Å². The molecule has 0 unspecified atom stereocenters. The van der Waals surface area contributed by atoms with Crippen LogP contribution >= 0.6 is 0 Å². The first-order valence-electron chi connectivity index (χ1n) is 6.79. The van der Waals surface area contributed by atoms with E-state index in [1.54, 1.807) is 0 Å². The molecular weight excluding hydrogens is 234 g/mol. The molecule has 0 atom stereocenters. The van der Waals surface area contributed by atoms with Crippen LogP contribution in [0.15, 0.2) is 54.6 Å². The average molecular weight is 255 g/mol. The summed E-state index contributed by atoms with van der Waals surface area (Å²) in [5.74, 6) is 1.75. The van der Waals surface area contributed by atoms with Gasteiger partial charge in [0, 0.05) is 6.04 Å². The predicted octanol–water partition coefficient (Wildman–Crippen LogP) is 4.02. The lowest BCUT2D eigenvalue weighted by atomic mass is 10.1. The second-order valence-corrected chi connectivity index (χ2v) is 4.92. The van der Waals surface area contributed by atoms with E-state index < -0.39 is 0 Å². The largest absolute Gasteiger partial charge is 0.457 e. The van der Waals surface area contributed by atoms with E-state index in [1.807, 2.05) is 42.5 Å². The Morgan fingerprint density at radius 2 is 1.53 bits per heavy atom. The number of rotatable bonds is 6. The Bertz CT molecular complexity index is 476. The Morgan fingerprint density at radius 3 is 2.16 bits per heavy atom. The highest BCUT2D eigenvalue weighted by Gasteiger charge is 1.98. The summed E-state index contributed by atoms with van der Waals surface area (Å²) in [5.41, 5.74) is 1.33. The highest BCUT2D eigenvalue weighted by atomic mass is 16.5. The Hall–Kier alpha value is -1.80. The third-order valence-corrected chi connectivity index (χ3v) is 2.87. The van der Waals surface area contributed by atoms with Crippen LogP contribution in [-0.4, -0.2) is 12.6 Å². The van der Waals surface area contributed by atoms with Crippen molar-refractivity contribution in [3.63, 3.8) is 0 Å². The molecule has 19 heavy (non-hydrogen) atoms. The van der Waals surface area contributed by atoms with Crippen molar-refractivity contribution in [1.29, 1.82) is 0 Å². The summed E-state index contributed by atoms with van der Waals surface area (Å²) < 4.78 is 5.76. The molecule has 2 heteroatoms. The van der Waals surface area contributed by atoms with Crippen LogP contribution in [0.25, 0.3) is 0 Å². The van der Waals surface area contributed by atoms with E-state index >= 15 is 0 Å².